The van der Waals surface area contributed by atoms with Gasteiger partial charge in [-0.25, -0.2) is 0 Å². The Balaban J connectivity index is 0.00000208. The first-order valence-electron chi connectivity index (χ1n) is 8.06. The summed E-state index contributed by atoms with van der Waals surface area (Å²) in [6, 6.07) is 14.6. The molecule has 4 nitrogen and oxygen atoms in total. The number of hydrogen-bond donors (Lipinski definition) is 2. The van der Waals surface area contributed by atoms with Crippen molar-refractivity contribution in [2.75, 3.05) is 26.2 Å². The predicted molar refractivity (Wildman–Crippen MR) is 102 cm³/mol. The molecule has 1 unspecified atom stereocenters. The third kappa shape index (κ3) is 4.80. The monoisotopic (exact) mass is 365 g/mol. The van der Waals surface area contributed by atoms with Gasteiger partial charge >= 0.3 is 0 Å². The number of nitrogens with one attached hydrogen (secondary N) is 2. The van der Waals surface area contributed by atoms with E-state index in [1.165, 1.54) is 0 Å². The number of piperazine rings is 1. The Morgan fingerprint density at radius 3 is 2.79 bits per heavy atom. The summed E-state index contributed by atoms with van der Waals surface area (Å²) in [5.41, 5.74) is 1.12. The van der Waals surface area contributed by atoms with Gasteiger partial charge in [0.25, 0.3) is 0 Å². The van der Waals surface area contributed by atoms with Gasteiger partial charge in [-0.15, -0.1) is 23.7 Å². The molecular weight excluding hydrogens is 342 g/mol. The molecule has 0 spiro atoms. The Hall–Kier alpha value is -1.40. The van der Waals surface area contributed by atoms with Crippen molar-refractivity contribution in [1.82, 2.24) is 15.5 Å². The molecule has 1 aromatic carbocycles. The van der Waals surface area contributed by atoms with Crippen molar-refractivity contribution in [3.63, 3.8) is 0 Å². The predicted octanol–water partition coefficient (Wildman–Crippen LogP) is 2.67. The number of carbonyl (C=O) groups is 1. The average Bonchev–Trinajstić information content (AvgIpc) is 3.10. The first-order chi connectivity index (χ1) is 11.2. The highest BCUT2D eigenvalue weighted by atomic mass is 35.5. The summed E-state index contributed by atoms with van der Waals surface area (Å²) in [5, 5.41) is 8.62. The first kappa shape index (κ1) is 18.9. The minimum absolute atomic E-state index is 0. The molecule has 2 N–H and O–H groups in total. The van der Waals surface area contributed by atoms with Gasteiger partial charge in [-0.1, -0.05) is 36.4 Å². The number of thiophene rings is 1. The standard InChI is InChI=1S/C18H23N3OS.ClH/c1-14-12-19-9-10-21(14)13-17(22)20-18(16-8-5-11-23-16)15-6-3-2-4-7-15;/h2-8,11,14,18-19H,9-10,12-13H2,1H3,(H,20,22);1H/t14-,18?;/m1./s1. The van der Waals surface area contributed by atoms with E-state index in [9.17, 15) is 4.79 Å². The van der Waals surface area contributed by atoms with E-state index < -0.39 is 0 Å². The molecule has 0 aliphatic carbocycles. The number of halogens is 1. The van der Waals surface area contributed by atoms with Gasteiger partial charge in [0.15, 0.2) is 0 Å². The van der Waals surface area contributed by atoms with E-state index in [1.54, 1.807) is 11.3 Å². The summed E-state index contributed by atoms with van der Waals surface area (Å²) in [7, 11) is 0. The van der Waals surface area contributed by atoms with Crippen LogP contribution in [0, 0.1) is 0 Å². The quantitative estimate of drug-likeness (QED) is 0.856. The number of amides is 1. The molecular formula is C18H24ClN3OS. The second-order valence-electron chi connectivity index (χ2n) is 5.95. The first-order valence-corrected chi connectivity index (χ1v) is 8.94. The fourth-order valence-electron chi connectivity index (χ4n) is 2.93. The molecule has 2 atom stereocenters. The smallest absolute Gasteiger partial charge is 0.234 e. The number of nitrogens with zero attached hydrogens (tertiary/aromatic N) is 1. The average molecular weight is 366 g/mol. The van der Waals surface area contributed by atoms with E-state index in [2.05, 4.69) is 46.0 Å². The van der Waals surface area contributed by atoms with Crippen molar-refractivity contribution in [1.29, 1.82) is 0 Å². The highest BCUT2D eigenvalue weighted by Crippen LogP contribution is 2.25. The lowest BCUT2D eigenvalue weighted by Crippen LogP contribution is -2.52. The molecule has 130 valence electrons. The highest BCUT2D eigenvalue weighted by Gasteiger charge is 2.23. The molecule has 0 bridgehead atoms. The van der Waals surface area contributed by atoms with Crippen LogP contribution >= 0.6 is 23.7 Å². The van der Waals surface area contributed by atoms with E-state index in [0.29, 0.717) is 12.6 Å². The summed E-state index contributed by atoms with van der Waals surface area (Å²) < 4.78 is 0. The van der Waals surface area contributed by atoms with Crippen LogP contribution < -0.4 is 10.6 Å². The third-order valence-corrected chi connectivity index (χ3v) is 5.19. The highest BCUT2D eigenvalue weighted by molar-refractivity contribution is 7.10. The van der Waals surface area contributed by atoms with E-state index >= 15 is 0 Å². The Kier molecular flexibility index (Phi) is 7.24. The van der Waals surface area contributed by atoms with Crippen LogP contribution in [0.5, 0.6) is 0 Å². The number of rotatable bonds is 5. The molecule has 1 aliphatic heterocycles. The van der Waals surface area contributed by atoms with Crippen LogP contribution in [0.3, 0.4) is 0 Å². The third-order valence-electron chi connectivity index (χ3n) is 4.25. The lowest BCUT2D eigenvalue weighted by Gasteiger charge is -2.33. The van der Waals surface area contributed by atoms with Gasteiger partial charge in [-0.2, -0.15) is 0 Å². The summed E-state index contributed by atoms with van der Waals surface area (Å²) in [6.07, 6.45) is 0. The van der Waals surface area contributed by atoms with Crippen LogP contribution in [0.1, 0.15) is 23.4 Å². The molecule has 0 radical (unpaired) electrons. The lowest BCUT2D eigenvalue weighted by molar-refractivity contribution is -0.123. The van der Waals surface area contributed by atoms with Crippen LogP contribution in [-0.4, -0.2) is 43.0 Å². The molecule has 1 fully saturated rings. The summed E-state index contributed by atoms with van der Waals surface area (Å²) >= 11 is 1.68. The van der Waals surface area contributed by atoms with Crippen molar-refractivity contribution < 1.29 is 4.79 Å². The van der Waals surface area contributed by atoms with Crippen molar-refractivity contribution in [2.24, 2.45) is 0 Å². The van der Waals surface area contributed by atoms with Gasteiger partial charge in [0.05, 0.1) is 12.6 Å². The second-order valence-corrected chi connectivity index (χ2v) is 6.93. The van der Waals surface area contributed by atoms with Gasteiger partial charge in [-0.3, -0.25) is 9.69 Å². The van der Waals surface area contributed by atoms with Gasteiger partial charge in [-0.05, 0) is 23.9 Å². The van der Waals surface area contributed by atoms with Gasteiger partial charge in [0.2, 0.25) is 5.91 Å². The molecule has 6 heteroatoms. The van der Waals surface area contributed by atoms with Crippen molar-refractivity contribution in [2.45, 2.75) is 19.0 Å². The lowest BCUT2D eigenvalue weighted by atomic mass is 10.1. The van der Waals surface area contributed by atoms with E-state index in [0.717, 1.165) is 30.1 Å². The zero-order valence-corrected chi connectivity index (χ0v) is 15.4. The van der Waals surface area contributed by atoms with Crippen molar-refractivity contribution in [3.8, 4) is 0 Å². The zero-order valence-electron chi connectivity index (χ0n) is 13.8. The molecule has 2 heterocycles. The number of carbonyl (C=O) groups excluding carboxylic acids is 1. The maximum absolute atomic E-state index is 12.6. The summed E-state index contributed by atoms with van der Waals surface area (Å²) in [6.45, 7) is 5.43. The summed E-state index contributed by atoms with van der Waals surface area (Å²) in [5.74, 6) is 0.0843. The minimum Gasteiger partial charge on any atom is -0.343 e. The zero-order chi connectivity index (χ0) is 16.1. The molecule has 3 rings (SSSR count). The van der Waals surface area contributed by atoms with Crippen molar-refractivity contribution in [3.05, 3.63) is 58.3 Å². The Labute approximate surface area is 153 Å². The number of hydrogen-bond acceptors (Lipinski definition) is 4. The Morgan fingerprint density at radius 1 is 1.33 bits per heavy atom. The molecule has 1 amide bonds. The fourth-order valence-corrected chi connectivity index (χ4v) is 3.73. The molecule has 2 aromatic rings. The minimum atomic E-state index is -0.0677. The van der Waals surface area contributed by atoms with E-state index in [1.807, 2.05) is 24.3 Å². The Morgan fingerprint density at radius 2 is 2.12 bits per heavy atom. The molecule has 1 aromatic heterocycles. The SMILES string of the molecule is C[C@@H]1CNCCN1CC(=O)NC(c1ccccc1)c1cccs1.Cl. The van der Waals surface area contributed by atoms with E-state index in [4.69, 9.17) is 0 Å². The maximum Gasteiger partial charge on any atom is 0.234 e. The molecule has 1 aliphatic rings. The Bertz CT molecular complexity index is 620. The van der Waals surface area contributed by atoms with Crippen molar-refractivity contribution >= 4 is 29.7 Å². The summed E-state index contributed by atoms with van der Waals surface area (Å²) in [4.78, 5) is 16.0. The van der Waals surface area contributed by atoms with Crippen LogP contribution in [0.25, 0.3) is 0 Å². The van der Waals surface area contributed by atoms with Gasteiger partial charge < -0.3 is 10.6 Å². The topological polar surface area (TPSA) is 44.4 Å². The molecule has 24 heavy (non-hydrogen) atoms. The van der Waals surface area contributed by atoms with Crippen LogP contribution in [-0.2, 0) is 4.79 Å². The largest absolute Gasteiger partial charge is 0.343 e. The van der Waals surface area contributed by atoms with Gasteiger partial charge in [0.1, 0.15) is 0 Å². The normalized spacial score (nSPS) is 19.3. The maximum atomic E-state index is 12.6. The molecule has 0 saturated carbocycles. The second kappa shape index (κ2) is 9.18. The van der Waals surface area contributed by atoms with Crippen LogP contribution in [0.15, 0.2) is 47.8 Å². The van der Waals surface area contributed by atoms with Crippen LogP contribution in [0.4, 0.5) is 0 Å². The fraction of sp³-hybridized carbons (Fsp3) is 0.389. The van der Waals surface area contributed by atoms with Gasteiger partial charge in [0, 0.05) is 30.6 Å². The number of benzene rings is 1. The van der Waals surface area contributed by atoms with E-state index in [-0.39, 0.29) is 24.4 Å². The molecule has 1 saturated heterocycles. The van der Waals surface area contributed by atoms with Crippen LogP contribution in [0.2, 0.25) is 0 Å².